The number of ether oxygens (including phenoxy) is 1. The van der Waals surface area contributed by atoms with Crippen LogP contribution in [0.2, 0.25) is 0 Å². The summed E-state index contributed by atoms with van der Waals surface area (Å²) in [6.07, 6.45) is 4.39. The summed E-state index contributed by atoms with van der Waals surface area (Å²) < 4.78 is 5.51. The highest BCUT2D eigenvalue weighted by atomic mass is 16.5. The molecule has 1 aliphatic carbocycles. The number of rotatable bonds is 2. The van der Waals surface area contributed by atoms with E-state index in [0.29, 0.717) is 11.3 Å². The average molecular weight is 269 g/mol. The van der Waals surface area contributed by atoms with E-state index in [1.54, 1.807) is 0 Å². The van der Waals surface area contributed by atoms with Gasteiger partial charge < -0.3 is 14.7 Å². The van der Waals surface area contributed by atoms with Gasteiger partial charge in [0, 0.05) is 26.2 Å². The number of aliphatic hydroxyl groups excluding tert-OH is 1. The molecule has 2 aliphatic rings. The Balaban J connectivity index is 1.89. The van der Waals surface area contributed by atoms with Crippen LogP contribution in [0.4, 0.5) is 0 Å². The molecule has 1 saturated heterocycles. The first kappa shape index (κ1) is 15.3. The van der Waals surface area contributed by atoms with Crippen molar-refractivity contribution in [3.63, 3.8) is 0 Å². The number of hydrogen-bond donors (Lipinski definition) is 1. The molecule has 1 saturated carbocycles. The van der Waals surface area contributed by atoms with E-state index >= 15 is 0 Å². The second-order valence-corrected chi connectivity index (χ2v) is 7.47. The summed E-state index contributed by atoms with van der Waals surface area (Å²) in [6, 6.07) is 0. The van der Waals surface area contributed by atoms with Crippen molar-refractivity contribution in [2.75, 3.05) is 32.8 Å². The van der Waals surface area contributed by atoms with Gasteiger partial charge in [-0.25, -0.2) is 0 Å². The standard InChI is InChI=1S/C16H31NO2/c1-16(2,3)14-5-6-15(18)13(11-14)12-17-7-4-9-19-10-8-17/h13-15,18H,4-12H2,1-3H3. The van der Waals surface area contributed by atoms with E-state index < -0.39 is 0 Å². The first-order valence-corrected chi connectivity index (χ1v) is 7.95. The van der Waals surface area contributed by atoms with Crippen LogP contribution in [-0.2, 0) is 4.74 Å². The molecule has 0 aromatic rings. The molecular weight excluding hydrogens is 238 g/mol. The van der Waals surface area contributed by atoms with Crippen LogP contribution < -0.4 is 0 Å². The Morgan fingerprint density at radius 1 is 1.16 bits per heavy atom. The van der Waals surface area contributed by atoms with E-state index in [1.165, 1.54) is 12.8 Å². The van der Waals surface area contributed by atoms with E-state index in [2.05, 4.69) is 25.7 Å². The molecule has 3 nitrogen and oxygen atoms in total. The van der Waals surface area contributed by atoms with Crippen molar-refractivity contribution >= 4 is 0 Å². The van der Waals surface area contributed by atoms with Crippen LogP contribution in [0.25, 0.3) is 0 Å². The molecule has 0 amide bonds. The highest BCUT2D eigenvalue weighted by molar-refractivity contribution is 4.87. The van der Waals surface area contributed by atoms with Crippen molar-refractivity contribution in [1.29, 1.82) is 0 Å². The summed E-state index contributed by atoms with van der Waals surface area (Å²) in [7, 11) is 0. The minimum atomic E-state index is -0.0947. The normalized spacial score (nSPS) is 35.1. The molecule has 2 rings (SSSR count). The van der Waals surface area contributed by atoms with Crippen LogP contribution in [0.3, 0.4) is 0 Å². The monoisotopic (exact) mass is 269 g/mol. The lowest BCUT2D eigenvalue weighted by molar-refractivity contribution is 0.00300. The first-order chi connectivity index (χ1) is 8.97. The van der Waals surface area contributed by atoms with Gasteiger partial charge in [-0.3, -0.25) is 0 Å². The molecule has 0 spiro atoms. The molecule has 2 fully saturated rings. The Morgan fingerprint density at radius 3 is 2.68 bits per heavy atom. The fourth-order valence-electron chi connectivity index (χ4n) is 3.54. The van der Waals surface area contributed by atoms with Gasteiger partial charge in [-0.2, -0.15) is 0 Å². The molecule has 0 aromatic carbocycles. The maximum Gasteiger partial charge on any atom is 0.0593 e. The third kappa shape index (κ3) is 4.44. The average Bonchev–Trinajstić information content (AvgIpc) is 2.59. The Hall–Kier alpha value is -0.120. The van der Waals surface area contributed by atoms with Crippen LogP contribution in [0.5, 0.6) is 0 Å². The van der Waals surface area contributed by atoms with Gasteiger partial charge in [0.05, 0.1) is 12.7 Å². The zero-order valence-corrected chi connectivity index (χ0v) is 12.9. The quantitative estimate of drug-likeness (QED) is 0.836. The molecule has 1 aliphatic heterocycles. The molecule has 0 bridgehead atoms. The third-order valence-electron chi connectivity index (χ3n) is 4.97. The molecule has 0 aromatic heterocycles. The fourth-order valence-corrected chi connectivity index (χ4v) is 3.54. The summed E-state index contributed by atoms with van der Waals surface area (Å²) in [5.41, 5.74) is 0.375. The molecule has 3 atom stereocenters. The largest absolute Gasteiger partial charge is 0.393 e. The van der Waals surface area contributed by atoms with Gasteiger partial charge in [0.25, 0.3) is 0 Å². The van der Waals surface area contributed by atoms with Gasteiger partial charge in [0.1, 0.15) is 0 Å². The van der Waals surface area contributed by atoms with Crippen molar-refractivity contribution in [2.45, 2.75) is 52.6 Å². The van der Waals surface area contributed by atoms with Crippen molar-refractivity contribution in [3.8, 4) is 0 Å². The van der Waals surface area contributed by atoms with Crippen molar-refractivity contribution in [1.82, 2.24) is 4.90 Å². The van der Waals surface area contributed by atoms with Crippen LogP contribution in [0.15, 0.2) is 0 Å². The predicted octanol–water partition coefficient (Wildman–Crippen LogP) is 2.53. The summed E-state index contributed by atoms with van der Waals surface area (Å²) in [6.45, 7) is 12.0. The van der Waals surface area contributed by atoms with Gasteiger partial charge in [-0.15, -0.1) is 0 Å². The lowest BCUT2D eigenvalue weighted by Crippen LogP contribution is -2.42. The number of nitrogens with zero attached hydrogens (tertiary/aromatic N) is 1. The SMILES string of the molecule is CC(C)(C)C1CCC(O)C(CN2CCCOCC2)C1. The smallest absolute Gasteiger partial charge is 0.0593 e. The summed E-state index contributed by atoms with van der Waals surface area (Å²) in [4.78, 5) is 2.49. The molecule has 19 heavy (non-hydrogen) atoms. The Kier molecular flexibility index (Phi) is 5.27. The van der Waals surface area contributed by atoms with E-state index in [-0.39, 0.29) is 6.10 Å². The Bertz CT molecular complexity index is 266. The summed E-state index contributed by atoms with van der Waals surface area (Å²) in [5.74, 6) is 1.21. The highest BCUT2D eigenvalue weighted by Crippen LogP contribution is 2.40. The van der Waals surface area contributed by atoms with E-state index in [9.17, 15) is 5.11 Å². The molecule has 112 valence electrons. The van der Waals surface area contributed by atoms with Crippen molar-refractivity contribution < 1.29 is 9.84 Å². The van der Waals surface area contributed by atoms with Crippen LogP contribution in [-0.4, -0.2) is 49.0 Å². The van der Waals surface area contributed by atoms with Crippen LogP contribution >= 0.6 is 0 Å². The van der Waals surface area contributed by atoms with E-state index in [1.807, 2.05) is 0 Å². The lowest BCUT2D eigenvalue weighted by Gasteiger charge is -2.41. The van der Waals surface area contributed by atoms with E-state index in [0.717, 1.165) is 51.6 Å². The maximum atomic E-state index is 10.3. The molecule has 3 unspecified atom stereocenters. The molecule has 3 heteroatoms. The van der Waals surface area contributed by atoms with Crippen molar-refractivity contribution in [3.05, 3.63) is 0 Å². The minimum Gasteiger partial charge on any atom is -0.393 e. The second-order valence-electron chi connectivity index (χ2n) is 7.47. The summed E-state index contributed by atoms with van der Waals surface area (Å²) in [5, 5.41) is 10.3. The minimum absolute atomic E-state index is 0.0947. The molecule has 0 radical (unpaired) electrons. The summed E-state index contributed by atoms with van der Waals surface area (Å²) >= 11 is 0. The maximum absolute atomic E-state index is 10.3. The number of hydrogen-bond acceptors (Lipinski definition) is 3. The third-order valence-corrected chi connectivity index (χ3v) is 4.97. The van der Waals surface area contributed by atoms with Gasteiger partial charge in [0.2, 0.25) is 0 Å². The molecular formula is C16H31NO2. The second kappa shape index (κ2) is 6.55. The first-order valence-electron chi connectivity index (χ1n) is 7.95. The van der Waals surface area contributed by atoms with Crippen LogP contribution in [0.1, 0.15) is 46.5 Å². The topological polar surface area (TPSA) is 32.7 Å². The number of aliphatic hydroxyl groups is 1. The van der Waals surface area contributed by atoms with Gasteiger partial charge in [-0.05, 0) is 42.9 Å². The zero-order valence-electron chi connectivity index (χ0n) is 12.9. The van der Waals surface area contributed by atoms with Gasteiger partial charge >= 0.3 is 0 Å². The Morgan fingerprint density at radius 2 is 1.95 bits per heavy atom. The molecule has 1 N–H and O–H groups in total. The predicted molar refractivity (Wildman–Crippen MR) is 78.2 cm³/mol. The van der Waals surface area contributed by atoms with Crippen LogP contribution in [0, 0.1) is 17.3 Å². The fraction of sp³-hybridized carbons (Fsp3) is 1.00. The zero-order chi connectivity index (χ0) is 13.9. The van der Waals surface area contributed by atoms with E-state index in [4.69, 9.17) is 4.74 Å². The van der Waals surface area contributed by atoms with Crippen molar-refractivity contribution in [2.24, 2.45) is 17.3 Å². The molecule has 1 heterocycles. The van der Waals surface area contributed by atoms with Gasteiger partial charge in [0.15, 0.2) is 0 Å². The van der Waals surface area contributed by atoms with Gasteiger partial charge in [-0.1, -0.05) is 20.8 Å². The highest BCUT2D eigenvalue weighted by Gasteiger charge is 2.35. The lowest BCUT2D eigenvalue weighted by atomic mass is 9.68. The Labute approximate surface area is 118 Å².